The largest absolute Gasteiger partial charge is 0.344 e. The normalized spacial score (nSPS) is 19.9. The van der Waals surface area contributed by atoms with E-state index in [0.717, 1.165) is 31.4 Å². The zero-order valence-corrected chi connectivity index (χ0v) is 30.3. The molecule has 3 aromatic rings. The first-order valence-electron chi connectivity index (χ1n) is 18.4. The smallest absolute Gasteiger partial charge is 0.245 e. The van der Waals surface area contributed by atoms with Gasteiger partial charge >= 0.3 is 0 Å². The maximum atomic E-state index is 15.8. The molecule has 0 unspecified atom stereocenters. The second-order valence-corrected chi connectivity index (χ2v) is 14.1. The fourth-order valence-electron chi connectivity index (χ4n) is 7.34. The molecule has 2 fully saturated rings. The lowest BCUT2D eigenvalue weighted by Crippen LogP contribution is -2.56. The molecule has 51 heavy (non-hydrogen) atoms. The van der Waals surface area contributed by atoms with E-state index in [1.807, 2.05) is 25.1 Å². The number of pyridine rings is 1. The minimum absolute atomic E-state index is 0.0105. The maximum absolute atomic E-state index is 15.8. The fourth-order valence-corrected chi connectivity index (χ4v) is 7.34. The van der Waals surface area contributed by atoms with Gasteiger partial charge in [-0.25, -0.2) is 4.39 Å². The number of piperazine rings is 1. The zero-order valence-electron chi connectivity index (χ0n) is 30.3. The molecule has 3 amide bonds. The second kappa shape index (κ2) is 17.7. The van der Waals surface area contributed by atoms with Crippen LogP contribution in [-0.2, 0) is 27.5 Å². The SMILES string of the molecule is CCC(=O)N[C@@H](C(=O)N1CCN(Cc2ccccn2)CC1)[C@@H](C)c1ccc(NC(=O)[C@@H](CC(=O)c2ccnn2CC)C2CCC(C)CC2)c(F)c1. The van der Waals surface area contributed by atoms with Gasteiger partial charge < -0.3 is 15.5 Å². The van der Waals surface area contributed by atoms with Crippen molar-refractivity contribution in [3.8, 4) is 0 Å². The molecule has 11 nitrogen and oxygen atoms in total. The van der Waals surface area contributed by atoms with E-state index in [1.54, 1.807) is 48.0 Å². The molecule has 0 spiro atoms. The lowest BCUT2D eigenvalue weighted by atomic mass is 9.74. The number of aromatic nitrogens is 3. The number of hydrogen-bond donors (Lipinski definition) is 2. The van der Waals surface area contributed by atoms with Crippen molar-refractivity contribution in [3.63, 3.8) is 0 Å². The lowest BCUT2D eigenvalue weighted by Gasteiger charge is -2.37. The fraction of sp³-hybridized carbons (Fsp3) is 0.538. The van der Waals surface area contributed by atoms with Crippen molar-refractivity contribution in [1.29, 1.82) is 0 Å². The molecule has 3 heterocycles. The Morgan fingerprint density at radius 2 is 1.71 bits per heavy atom. The van der Waals surface area contributed by atoms with Crippen molar-refractivity contribution in [2.45, 2.75) is 91.3 Å². The van der Waals surface area contributed by atoms with E-state index in [9.17, 15) is 19.2 Å². The first-order chi connectivity index (χ1) is 24.6. The van der Waals surface area contributed by atoms with Gasteiger partial charge in [0.05, 0.1) is 11.4 Å². The molecular weight excluding hydrogens is 649 g/mol. The van der Waals surface area contributed by atoms with Gasteiger partial charge in [-0.05, 0) is 67.5 Å². The number of ketones is 1. The van der Waals surface area contributed by atoms with Crippen LogP contribution in [0.15, 0.2) is 54.9 Å². The molecule has 1 saturated carbocycles. The standard InChI is InChI=1S/C39H52FN7O4/c1-5-36(49)44-37(39(51)46-21-19-45(20-22-46)25-30-9-7-8-17-41-30)27(4)29-14-15-33(32(40)23-29)43-38(50)31(28-12-10-26(3)11-13-28)24-35(48)34-16-18-42-47(34)6-2/h7-9,14-18,23,26-28,31,37H,5-6,10-13,19-22,24-25H2,1-4H3,(H,43,50)(H,44,49)/t26?,27-,28?,31-,37+/m0/s1. The summed E-state index contributed by atoms with van der Waals surface area (Å²) in [4.78, 5) is 62.1. The Balaban J connectivity index is 1.27. The van der Waals surface area contributed by atoms with Crippen LogP contribution in [0.3, 0.4) is 0 Å². The van der Waals surface area contributed by atoms with Crippen molar-refractivity contribution >= 4 is 29.2 Å². The number of Topliss-reactive ketones (excluding diaryl/α,β-unsaturated/α-hetero) is 1. The highest BCUT2D eigenvalue weighted by molar-refractivity contribution is 6.00. The van der Waals surface area contributed by atoms with Gasteiger partial charge in [0, 0.05) is 76.3 Å². The van der Waals surface area contributed by atoms with Crippen LogP contribution in [0.4, 0.5) is 10.1 Å². The van der Waals surface area contributed by atoms with E-state index < -0.39 is 23.7 Å². The number of halogens is 1. The minimum Gasteiger partial charge on any atom is -0.344 e. The molecule has 274 valence electrons. The van der Waals surface area contributed by atoms with Crippen LogP contribution in [0.5, 0.6) is 0 Å². The van der Waals surface area contributed by atoms with E-state index in [1.165, 1.54) is 12.1 Å². The summed E-state index contributed by atoms with van der Waals surface area (Å²) in [5.74, 6) is -2.24. The van der Waals surface area contributed by atoms with Crippen LogP contribution >= 0.6 is 0 Å². The van der Waals surface area contributed by atoms with E-state index >= 15 is 4.39 Å². The van der Waals surface area contributed by atoms with Crippen LogP contribution in [0.2, 0.25) is 0 Å². The number of nitrogens with one attached hydrogen (secondary N) is 2. The number of amides is 3. The molecular formula is C39H52FN7O4. The molecule has 0 bridgehead atoms. The van der Waals surface area contributed by atoms with Crippen LogP contribution in [-0.4, -0.2) is 80.3 Å². The van der Waals surface area contributed by atoms with Crippen molar-refractivity contribution in [1.82, 2.24) is 29.9 Å². The van der Waals surface area contributed by atoms with Gasteiger partial charge in [0.15, 0.2) is 5.78 Å². The van der Waals surface area contributed by atoms with E-state index in [2.05, 4.69) is 32.5 Å². The maximum Gasteiger partial charge on any atom is 0.245 e. The highest BCUT2D eigenvalue weighted by Crippen LogP contribution is 2.36. The third-order valence-corrected chi connectivity index (χ3v) is 10.6. The molecule has 1 aliphatic carbocycles. The van der Waals surface area contributed by atoms with Gasteiger partial charge in [0.1, 0.15) is 17.6 Å². The van der Waals surface area contributed by atoms with Crippen LogP contribution in [0.25, 0.3) is 0 Å². The summed E-state index contributed by atoms with van der Waals surface area (Å²) in [5, 5.41) is 9.89. The first kappa shape index (κ1) is 37.8. The Kier molecular flexibility index (Phi) is 13.1. The number of carbonyl (C=O) groups excluding carboxylic acids is 4. The Morgan fingerprint density at radius 3 is 2.35 bits per heavy atom. The van der Waals surface area contributed by atoms with Gasteiger partial charge in [-0.15, -0.1) is 0 Å². The molecule has 2 aliphatic rings. The predicted molar refractivity (Wildman–Crippen MR) is 193 cm³/mol. The van der Waals surface area contributed by atoms with E-state index in [-0.39, 0.29) is 48.0 Å². The van der Waals surface area contributed by atoms with Crippen molar-refractivity contribution in [2.24, 2.45) is 17.8 Å². The average molecular weight is 702 g/mol. The summed E-state index contributed by atoms with van der Waals surface area (Å²) < 4.78 is 17.4. The number of hydrogen-bond acceptors (Lipinski definition) is 7. The van der Waals surface area contributed by atoms with Crippen molar-refractivity contribution in [3.05, 3.63) is 77.6 Å². The Labute approximate surface area is 300 Å². The first-order valence-corrected chi connectivity index (χ1v) is 18.4. The van der Waals surface area contributed by atoms with Crippen molar-refractivity contribution in [2.75, 3.05) is 31.5 Å². The molecule has 12 heteroatoms. The van der Waals surface area contributed by atoms with Crippen LogP contribution in [0, 0.1) is 23.6 Å². The van der Waals surface area contributed by atoms with Gasteiger partial charge in [-0.3, -0.25) is 33.7 Å². The monoisotopic (exact) mass is 701 g/mol. The quantitative estimate of drug-likeness (QED) is 0.215. The Hall–Kier alpha value is -4.45. The summed E-state index contributed by atoms with van der Waals surface area (Å²) in [6, 6.07) is 11.1. The van der Waals surface area contributed by atoms with Gasteiger partial charge in [-0.2, -0.15) is 5.10 Å². The third-order valence-electron chi connectivity index (χ3n) is 10.6. The summed E-state index contributed by atoms with van der Waals surface area (Å²) in [6.07, 6.45) is 7.20. The highest BCUT2D eigenvalue weighted by Gasteiger charge is 2.36. The summed E-state index contributed by atoms with van der Waals surface area (Å²) in [5.41, 5.74) is 1.97. The summed E-state index contributed by atoms with van der Waals surface area (Å²) in [7, 11) is 0. The number of carbonyl (C=O) groups is 4. The molecule has 1 aliphatic heterocycles. The third kappa shape index (κ3) is 9.66. The number of nitrogens with zero attached hydrogens (tertiary/aromatic N) is 5. The van der Waals surface area contributed by atoms with Gasteiger partial charge in [-0.1, -0.05) is 45.7 Å². The van der Waals surface area contributed by atoms with E-state index in [4.69, 9.17) is 0 Å². The highest BCUT2D eigenvalue weighted by atomic mass is 19.1. The minimum atomic E-state index is -0.889. The Morgan fingerprint density at radius 1 is 0.961 bits per heavy atom. The average Bonchev–Trinajstić information content (AvgIpc) is 3.63. The summed E-state index contributed by atoms with van der Waals surface area (Å²) >= 11 is 0. The van der Waals surface area contributed by atoms with E-state index in [0.29, 0.717) is 56.4 Å². The Bertz CT molecular complexity index is 1650. The molecule has 1 aromatic carbocycles. The second-order valence-electron chi connectivity index (χ2n) is 14.1. The molecule has 0 radical (unpaired) electrons. The molecule has 5 rings (SSSR count). The number of anilines is 1. The predicted octanol–water partition coefficient (Wildman–Crippen LogP) is 5.43. The number of rotatable bonds is 14. The zero-order chi connectivity index (χ0) is 36.5. The number of benzene rings is 1. The molecule has 1 saturated heterocycles. The molecule has 3 atom stereocenters. The molecule has 2 N–H and O–H groups in total. The van der Waals surface area contributed by atoms with Crippen molar-refractivity contribution < 1.29 is 23.6 Å². The van der Waals surface area contributed by atoms with Crippen LogP contribution in [0.1, 0.15) is 93.9 Å². The van der Waals surface area contributed by atoms with Gasteiger partial charge in [0.2, 0.25) is 17.7 Å². The number of aryl methyl sites for hydroxylation is 1. The van der Waals surface area contributed by atoms with Crippen LogP contribution < -0.4 is 10.6 Å². The topological polar surface area (TPSA) is 130 Å². The summed E-state index contributed by atoms with van der Waals surface area (Å²) in [6.45, 7) is 11.2. The molecule has 2 aromatic heterocycles. The van der Waals surface area contributed by atoms with Gasteiger partial charge in [0.25, 0.3) is 0 Å². The lowest BCUT2D eigenvalue weighted by molar-refractivity contribution is -0.138.